The molecule has 0 aromatic heterocycles. The zero-order valence-electron chi connectivity index (χ0n) is 25.8. The number of benzene rings is 2. The van der Waals surface area contributed by atoms with E-state index in [9.17, 15) is 28.2 Å². The molecule has 0 bridgehead atoms. The molecule has 0 saturated heterocycles. The van der Waals surface area contributed by atoms with E-state index in [1.807, 2.05) is 19.2 Å². The number of nitrogens with one attached hydrogen (secondary N) is 3. The molecule has 1 aliphatic heterocycles. The predicted octanol–water partition coefficient (Wildman–Crippen LogP) is 0.873. The summed E-state index contributed by atoms with van der Waals surface area (Å²) in [5.41, 5.74) is 2.83. The molecule has 3 unspecified atom stereocenters. The number of hydrogen-bond acceptors (Lipinski definition) is 10. The van der Waals surface area contributed by atoms with E-state index in [0.29, 0.717) is 23.1 Å². The number of rotatable bonds is 19. The van der Waals surface area contributed by atoms with Crippen LogP contribution in [0, 0.1) is 0 Å². The second-order valence-electron chi connectivity index (χ2n) is 10.6. The maximum absolute atomic E-state index is 13.0. The number of fused-ring (bicyclic) bond motifs is 1. The predicted molar refractivity (Wildman–Crippen MR) is 172 cm³/mol. The van der Waals surface area contributed by atoms with Crippen molar-refractivity contribution in [2.75, 3.05) is 72.9 Å². The van der Waals surface area contributed by atoms with Crippen LogP contribution in [-0.4, -0.2) is 120 Å². The van der Waals surface area contributed by atoms with Gasteiger partial charge in [-0.3, -0.25) is 9.59 Å². The zero-order chi connectivity index (χ0) is 33.7. The van der Waals surface area contributed by atoms with Gasteiger partial charge < -0.3 is 40.0 Å². The van der Waals surface area contributed by atoms with Gasteiger partial charge in [-0.25, -0.2) is 13.1 Å². The van der Waals surface area contributed by atoms with Crippen LogP contribution < -0.4 is 15.4 Å². The first kappa shape index (κ1) is 38.1. The fraction of sp³-hybridized carbons (Fsp3) is 0.533. The maximum Gasteiger partial charge on any atom is 0.252 e. The van der Waals surface area contributed by atoms with Gasteiger partial charge in [0.05, 0.1) is 44.5 Å². The number of ether oxygens (including phenoxy) is 3. The molecule has 3 rings (SSSR count). The van der Waals surface area contributed by atoms with Crippen LogP contribution in [0.4, 0.5) is 0 Å². The third-order valence-electron chi connectivity index (χ3n) is 7.08. The van der Waals surface area contributed by atoms with Crippen LogP contribution in [0.2, 0.25) is 10.0 Å². The second kappa shape index (κ2) is 18.8. The Bertz CT molecular complexity index is 1420. The minimum absolute atomic E-state index is 0.0664. The molecule has 13 nitrogen and oxygen atoms in total. The van der Waals surface area contributed by atoms with Crippen molar-refractivity contribution in [1.82, 2.24) is 20.3 Å². The lowest BCUT2D eigenvalue weighted by Crippen LogP contribution is -2.49. The molecular weight excluding hydrogens is 663 g/mol. The number of hydrogen-bond donors (Lipinski definition) is 5. The average molecular weight is 706 g/mol. The Labute approximate surface area is 279 Å². The Kier molecular flexibility index (Phi) is 15.6. The summed E-state index contributed by atoms with van der Waals surface area (Å²) in [6, 6.07) is 10.5. The van der Waals surface area contributed by atoms with Gasteiger partial charge in [0, 0.05) is 48.7 Å². The highest BCUT2D eigenvalue weighted by atomic mass is 35.5. The first-order valence-electron chi connectivity index (χ1n) is 14.8. The summed E-state index contributed by atoms with van der Waals surface area (Å²) in [4.78, 5) is 25.6. The third-order valence-corrected chi connectivity index (χ3v) is 9.09. The van der Waals surface area contributed by atoms with Crippen molar-refractivity contribution in [2.45, 2.75) is 36.5 Å². The van der Waals surface area contributed by atoms with Gasteiger partial charge in [-0.1, -0.05) is 35.3 Å². The van der Waals surface area contributed by atoms with Crippen molar-refractivity contribution in [3.8, 4) is 0 Å². The van der Waals surface area contributed by atoms with Gasteiger partial charge >= 0.3 is 0 Å². The van der Waals surface area contributed by atoms with Crippen molar-refractivity contribution in [3.63, 3.8) is 0 Å². The van der Waals surface area contributed by atoms with Gasteiger partial charge in [-0.05, 0) is 54.9 Å². The molecule has 2 aromatic rings. The van der Waals surface area contributed by atoms with Gasteiger partial charge in [-0.15, -0.1) is 0 Å². The van der Waals surface area contributed by atoms with Crippen LogP contribution in [0.15, 0.2) is 41.3 Å². The highest BCUT2D eigenvalue weighted by molar-refractivity contribution is 7.89. The fourth-order valence-electron chi connectivity index (χ4n) is 4.82. The molecule has 256 valence electrons. The topological polar surface area (TPSA) is 176 Å². The first-order valence-corrected chi connectivity index (χ1v) is 17.1. The van der Waals surface area contributed by atoms with Gasteiger partial charge in [0.2, 0.25) is 10.0 Å². The number of carbonyl (C=O) groups excluding carboxylic acids is 2. The molecule has 0 spiro atoms. The molecule has 3 atom stereocenters. The number of likely N-dealkylation sites (N-methyl/N-ethyl adjacent to an activating group) is 2. The van der Waals surface area contributed by atoms with Crippen LogP contribution >= 0.6 is 23.2 Å². The zero-order valence-corrected chi connectivity index (χ0v) is 28.2. The minimum Gasteiger partial charge on any atom is -0.380 e. The number of nitrogens with zero attached hydrogens (tertiary/aromatic N) is 1. The van der Waals surface area contributed by atoms with E-state index in [4.69, 9.17) is 37.4 Å². The van der Waals surface area contributed by atoms with E-state index in [-0.39, 0.29) is 70.1 Å². The molecule has 0 aliphatic carbocycles. The van der Waals surface area contributed by atoms with E-state index < -0.39 is 34.0 Å². The summed E-state index contributed by atoms with van der Waals surface area (Å²) in [5.74, 6) is -1.81. The molecule has 16 heteroatoms. The van der Waals surface area contributed by atoms with Crippen molar-refractivity contribution < 1.29 is 42.4 Å². The minimum atomic E-state index is -3.78. The number of halogens is 2. The molecule has 2 amide bonds. The quantitative estimate of drug-likeness (QED) is 0.132. The van der Waals surface area contributed by atoms with Gasteiger partial charge in [0.1, 0.15) is 0 Å². The number of aliphatic hydroxyl groups is 2. The lowest BCUT2D eigenvalue weighted by atomic mass is 9.85. The van der Waals surface area contributed by atoms with Gasteiger partial charge in [0.25, 0.3) is 11.8 Å². The van der Waals surface area contributed by atoms with E-state index in [1.54, 1.807) is 31.2 Å². The molecule has 46 heavy (non-hydrogen) atoms. The molecule has 5 N–H and O–H groups in total. The van der Waals surface area contributed by atoms with E-state index in [2.05, 4.69) is 20.3 Å². The Morgan fingerprint density at radius 3 is 2.20 bits per heavy atom. The Hall–Kier alpha value is -2.37. The molecule has 2 aromatic carbocycles. The van der Waals surface area contributed by atoms with Crippen molar-refractivity contribution >= 4 is 45.0 Å². The normalized spacial score (nSPS) is 16.4. The van der Waals surface area contributed by atoms with Crippen LogP contribution in [0.3, 0.4) is 0 Å². The lowest BCUT2D eigenvalue weighted by molar-refractivity contribution is -0.146. The fourth-order valence-corrected chi connectivity index (χ4v) is 6.46. The molecule has 0 radical (unpaired) electrons. The summed E-state index contributed by atoms with van der Waals surface area (Å²) in [6.45, 7) is 4.72. The lowest BCUT2D eigenvalue weighted by Gasteiger charge is -2.33. The number of carbonyl (C=O) groups is 2. The summed E-state index contributed by atoms with van der Waals surface area (Å²) < 4.78 is 44.7. The number of aliphatic hydroxyl groups excluding tert-OH is 2. The summed E-state index contributed by atoms with van der Waals surface area (Å²) in [6.07, 6.45) is -3.74. The number of amides is 2. The molecule has 1 heterocycles. The molecule has 0 fully saturated rings. The largest absolute Gasteiger partial charge is 0.380 e. The summed E-state index contributed by atoms with van der Waals surface area (Å²) in [7, 11) is -1.78. The average Bonchev–Trinajstić information content (AvgIpc) is 3.02. The summed E-state index contributed by atoms with van der Waals surface area (Å²) >= 11 is 12.8. The van der Waals surface area contributed by atoms with Crippen LogP contribution in [0.5, 0.6) is 0 Å². The van der Waals surface area contributed by atoms with Crippen LogP contribution in [-0.2, 0) is 40.4 Å². The summed E-state index contributed by atoms with van der Waals surface area (Å²) in [5, 5.41) is 25.2. The SMILES string of the molecule is CCNC(=O)C(O)C(O)C(=O)NCCOCCOCCOCCNS(=O)(=O)c1cccc(C2CN(C)Cc3c(Cl)cc(Cl)cc32)c1. The second-order valence-corrected chi connectivity index (χ2v) is 13.2. The van der Waals surface area contributed by atoms with Gasteiger partial charge in [-0.2, -0.15) is 0 Å². The van der Waals surface area contributed by atoms with Crippen molar-refractivity contribution in [2.24, 2.45) is 0 Å². The molecule has 1 aliphatic rings. The Morgan fingerprint density at radius 2 is 1.54 bits per heavy atom. The Morgan fingerprint density at radius 1 is 0.935 bits per heavy atom. The van der Waals surface area contributed by atoms with Crippen LogP contribution in [0.25, 0.3) is 0 Å². The highest BCUT2D eigenvalue weighted by Crippen LogP contribution is 2.38. The first-order chi connectivity index (χ1) is 21.9. The smallest absolute Gasteiger partial charge is 0.252 e. The van der Waals surface area contributed by atoms with Crippen molar-refractivity contribution in [1.29, 1.82) is 0 Å². The maximum atomic E-state index is 13.0. The monoisotopic (exact) mass is 704 g/mol. The molecular formula is C30H42Cl2N4O9S. The number of sulfonamides is 1. The molecule has 0 saturated carbocycles. The van der Waals surface area contributed by atoms with E-state index >= 15 is 0 Å². The standard InChI is InChI=1S/C30H42Cl2N4O9S/c1-3-33-29(39)27(37)28(38)30(40)34-7-9-43-11-13-45-14-12-44-10-8-35-46(41,42)22-6-4-5-20(15-22)24-18-36(2)19-25-23(24)16-21(31)17-26(25)32/h4-6,15-17,24,27-28,35,37-38H,3,7-14,18-19H2,1-2H3,(H,33,39)(H,34,40). The van der Waals surface area contributed by atoms with Crippen LogP contribution in [0.1, 0.15) is 29.5 Å². The van der Waals surface area contributed by atoms with E-state index in [0.717, 1.165) is 16.7 Å². The van der Waals surface area contributed by atoms with E-state index in [1.165, 1.54) is 0 Å². The third kappa shape index (κ3) is 11.4. The highest BCUT2D eigenvalue weighted by Gasteiger charge is 2.30. The Balaban J connectivity index is 1.30. The van der Waals surface area contributed by atoms with Gasteiger partial charge in [0.15, 0.2) is 12.2 Å². The van der Waals surface area contributed by atoms with Crippen molar-refractivity contribution in [3.05, 3.63) is 63.1 Å².